The van der Waals surface area contributed by atoms with Gasteiger partial charge in [0.25, 0.3) is 0 Å². The predicted molar refractivity (Wildman–Crippen MR) is 124 cm³/mol. The Hall–Kier alpha value is -4.24. The molecule has 0 aromatic heterocycles. The van der Waals surface area contributed by atoms with Crippen molar-refractivity contribution in [1.29, 1.82) is 5.26 Å². The predicted octanol–water partition coefficient (Wildman–Crippen LogP) is 5.22. The summed E-state index contributed by atoms with van der Waals surface area (Å²) in [6, 6.07) is 22.0. The highest BCUT2D eigenvalue weighted by Gasteiger charge is 2.31. The molecule has 1 aliphatic rings. The average molecular weight is 440 g/mol. The zero-order chi connectivity index (χ0) is 23.4. The number of hydrogen-bond acceptors (Lipinski definition) is 6. The third kappa shape index (κ3) is 4.68. The summed E-state index contributed by atoms with van der Waals surface area (Å²) in [4.78, 5) is 12.5. The Bertz CT molecular complexity index is 1240. The fourth-order valence-corrected chi connectivity index (χ4v) is 3.67. The first-order chi connectivity index (χ1) is 16.0. The molecule has 0 saturated carbocycles. The first-order valence-corrected chi connectivity index (χ1v) is 10.7. The van der Waals surface area contributed by atoms with Crippen LogP contribution in [0, 0.1) is 18.3 Å². The SMILES string of the molecule is CCCOc1ccc(C2C(C#N)=C(N)Oc3cc(OC(=O)c4ccc(C)cc4)ccc32)cc1. The molecule has 166 valence electrons. The van der Waals surface area contributed by atoms with E-state index in [1.165, 1.54) is 0 Å². The molecule has 3 aromatic carbocycles. The van der Waals surface area contributed by atoms with Crippen molar-refractivity contribution in [1.82, 2.24) is 0 Å². The van der Waals surface area contributed by atoms with Gasteiger partial charge in [-0.1, -0.05) is 42.8 Å². The van der Waals surface area contributed by atoms with Gasteiger partial charge in [-0.15, -0.1) is 0 Å². The summed E-state index contributed by atoms with van der Waals surface area (Å²) in [6.07, 6.45) is 0.920. The Morgan fingerprint density at radius 3 is 2.42 bits per heavy atom. The summed E-state index contributed by atoms with van der Waals surface area (Å²) in [5, 5.41) is 9.75. The topological polar surface area (TPSA) is 94.6 Å². The molecule has 33 heavy (non-hydrogen) atoms. The lowest BCUT2D eigenvalue weighted by molar-refractivity contribution is 0.0734. The van der Waals surface area contributed by atoms with E-state index in [2.05, 4.69) is 6.07 Å². The van der Waals surface area contributed by atoms with Gasteiger partial charge < -0.3 is 19.9 Å². The lowest BCUT2D eigenvalue weighted by atomic mass is 9.83. The molecule has 0 fully saturated rings. The highest BCUT2D eigenvalue weighted by molar-refractivity contribution is 5.91. The van der Waals surface area contributed by atoms with Crippen LogP contribution in [0.5, 0.6) is 17.2 Å². The van der Waals surface area contributed by atoms with Crippen molar-refractivity contribution in [2.45, 2.75) is 26.2 Å². The van der Waals surface area contributed by atoms with Crippen molar-refractivity contribution in [3.8, 4) is 23.3 Å². The van der Waals surface area contributed by atoms with Crippen LogP contribution in [-0.2, 0) is 0 Å². The van der Waals surface area contributed by atoms with Crippen molar-refractivity contribution in [2.75, 3.05) is 6.61 Å². The van der Waals surface area contributed by atoms with E-state index < -0.39 is 11.9 Å². The van der Waals surface area contributed by atoms with Crippen molar-refractivity contribution in [3.63, 3.8) is 0 Å². The van der Waals surface area contributed by atoms with Gasteiger partial charge in [0.05, 0.1) is 18.1 Å². The third-order valence-electron chi connectivity index (χ3n) is 5.37. The van der Waals surface area contributed by atoms with E-state index in [9.17, 15) is 10.1 Å². The lowest BCUT2D eigenvalue weighted by Gasteiger charge is -2.26. The van der Waals surface area contributed by atoms with Crippen LogP contribution in [0.25, 0.3) is 0 Å². The fourth-order valence-electron chi connectivity index (χ4n) is 3.67. The molecule has 1 atom stereocenters. The van der Waals surface area contributed by atoms with Crippen molar-refractivity contribution in [2.24, 2.45) is 5.73 Å². The molecule has 0 radical (unpaired) electrons. The number of ether oxygens (including phenoxy) is 3. The van der Waals surface area contributed by atoms with Gasteiger partial charge in [-0.2, -0.15) is 5.26 Å². The smallest absolute Gasteiger partial charge is 0.343 e. The first-order valence-electron chi connectivity index (χ1n) is 10.7. The Morgan fingerprint density at radius 1 is 1.06 bits per heavy atom. The minimum atomic E-state index is -0.466. The van der Waals surface area contributed by atoms with Crippen LogP contribution in [0.2, 0.25) is 0 Å². The molecule has 2 N–H and O–H groups in total. The molecule has 6 nitrogen and oxygen atoms in total. The third-order valence-corrected chi connectivity index (χ3v) is 5.37. The molecule has 4 rings (SSSR count). The van der Waals surface area contributed by atoms with Gasteiger partial charge >= 0.3 is 5.97 Å². The molecule has 0 spiro atoms. The summed E-state index contributed by atoms with van der Waals surface area (Å²) in [5.74, 6) is 0.698. The van der Waals surface area contributed by atoms with Crippen LogP contribution in [-0.4, -0.2) is 12.6 Å². The molecule has 3 aromatic rings. The number of carbonyl (C=O) groups is 1. The van der Waals surface area contributed by atoms with Crippen LogP contribution in [0.1, 0.15) is 46.3 Å². The number of nitrogens with zero attached hydrogens (tertiary/aromatic N) is 1. The Balaban J connectivity index is 1.63. The Morgan fingerprint density at radius 2 is 1.76 bits per heavy atom. The summed E-state index contributed by atoms with van der Waals surface area (Å²) < 4.78 is 16.9. The van der Waals surface area contributed by atoms with Crippen LogP contribution in [0.15, 0.2) is 78.2 Å². The second-order valence-electron chi connectivity index (χ2n) is 7.80. The number of esters is 1. The average Bonchev–Trinajstić information content (AvgIpc) is 2.82. The Labute approximate surface area is 192 Å². The van der Waals surface area contributed by atoms with Crippen LogP contribution >= 0.6 is 0 Å². The van der Waals surface area contributed by atoms with Crippen molar-refractivity contribution >= 4 is 5.97 Å². The summed E-state index contributed by atoms with van der Waals surface area (Å²) in [6.45, 7) is 4.64. The zero-order valence-electron chi connectivity index (χ0n) is 18.5. The molecule has 1 heterocycles. The maximum Gasteiger partial charge on any atom is 0.343 e. The van der Waals surface area contributed by atoms with Gasteiger partial charge in [-0.05, 0) is 49.2 Å². The minimum Gasteiger partial charge on any atom is -0.494 e. The van der Waals surface area contributed by atoms with E-state index in [1.54, 1.807) is 30.3 Å². The number of rotatable bonds is 6. The van der Waals surface area contributed by atoms with Crippen LogP contribution in [0.4, 0.5) is 0 Å². The number of hydrogen-bond donors (Lipinski definition) is 1. The maximum absolute atomic E-state index is 12.5. The maximum atomic E-state index is 12.5. The zero-order valence-corrected chi connectivity index (χ0v) is 18.5. The molecule has 6 heteroatoms. The van der Waals surface area contributed by atoms with Gasteiger partial charge in [-0.3, -0.25) is 0 Å². The second-order valence-corrected chi connectivity index (χ2v) is 7.80. The molecule has 1 aliphatic heterocycles. The number of benzene rings is 3. The normalized spacial score (nSPS) is 14.6. The van der Waals surface area contributed by atoms with Gasteiger partial charge in [0.1, 0.15) is 28.9 Å². The first kappa shape index (κ1) is 22.0. The van der Waals surface area contributed by atoms with Crippen molar-refractivity contribution in [3.05, 3.63) is 100 Å². The molecule has 0 amide bonds. The summed E-state index contributed by atoms with van der Waals surface area (Å²) in [5.41, 5.74) is 9.57. The highest BCUT2D eigenvalue weighted by Crippen LogP contribution is 2.43. The van der Waals surface area contributed by atoms with E-state index in [0.29, 0.717) is 29.2 Å². The molecular formula is C27H24N2O4. The van der Waals surface area contributed by atoms with E-state index in [-0.39, 0.29) is 5.88 Å². The number of nitrogens with two attached hydrogens (primary N) is 1. The van der Waals surface area contributed by atoms with E-state index in [1.807, 2.05) is 50.2 Å². The van der Waals surface area contributed by atoms with E-state index in [4.69, 9.17) is 19.9 Å². The highest BCUT2D eigenvalue weighted by atomic mass is 16.5. The fraction of sp³-hybridized carbons (Fsp3) is 0.185. The molecule has 0 saturated heterocycles. The number of allylic oxidation sites excluding steroid dienone is 1. The van der Waals surface area contributed by atoms with Crippen molar-refractivity contribution < 1.29 is 19.0 Å². The van der Waals surface area contributed by atoms with Gasteiger partial charge in [0.15, 0.2) is 0 Å². The molecule has 0 bridgehead atoms. The van der Waals surface area contributed by atoms with Gasteiger partial charge in [0.2, 0.25) is 5.88 Å². The Kier molecular flexibility index (Phi) is 6.32. The second kappa shape index (κ2) is 9.49. The molecule has 0 aliphatic carbocycles. The van der Waals surface area contributed by atoms with Gasteiger partial charge in [-0.25, -0.2) is 4.79 Å². The minimum absolute atomic E-state index is 0.0309. The number of aryl methyl sites for hydroxylation is 1. The van der Waals surface area contributed by atoms with E-state index >= 15 is 0 Å². The number of carbonyl (C=O) groups excluding carboxylic acids is 1. The number of nitriles is 1. The summed E-state index contributed by atoms with van der Waals surface area (Å²) >= 11 is 0. The van der Waals surface area contributed by atoms with Gasteiger partial charge in [0, 0.05) is 11.6 Å². The number of fused-ring (bicyclic) bond motifs is 1. The lowest BCUT2D eigenvalue weighted by Crippen LogP contribution is -2.21. The summed E-state index contributed by atoms with van der Waals surface area (Å²) in [7, 11) is 0. The monoisotopic (exact) mass is 440 g/mol. The molecular weight excluding hydrogens is 416 g/mol. The van der Waals surface area contributed by atoms with E-state index in [0.717, 1.165) is 28.9 Å². The van der Waals surface area contributed by atoms with Crippen LogP contribution < -0.4 is 19.9 Å². The molecule has 1 unspecified atom stereocenters. The quantitative estimate of drug-likeness (QED) is 0.417. The largest absolute Gasteiger partial charge is 0.494 e. The standard InChI is InChI=1S/C27H24N2O4/c1-3-14-31-20-10-8-18(9-11-20)25-22-13-12-21(15-24(22)33-26(29)23(25)16-28)32-27(30)19-6-4-17(2)5-7-19/h4-13,15,25H,3,14,29H2,1-2H3. The van der Waals surface area contributed by atoms with Crippen LogP contribution in [0.3, 0.4) is 0 Å².